The van der Waals surface area contributed by atoms with Crippen molar-refractivity contribution in [3.63, 3.8) is 0 Å². The molecule has 1 fully saturated rings. The van der Waals surface area contributed by atoms with Crippen molar-refractivity contribution in [1.82, 2.24) is 19.6 Å². The standard InChI is InChI=1S/C19H26N4O3/c1-12(2)18-20-17(21-26-18)15-8-6-5-7-9-23(15)19(25)16-10-14(13(3)24)11-22(16)4/h10-12,15H,5-9H2,1-4H3/t15-/m1/s1. The van der Waals surface area contributed by atoms with Gasteiger partial charge < -0.3 is 14.0 Å². The van der Waals surface area contributed by atoms with Crippen LogP contribution in [0.5, 0.6) is 0 Å². The smallest absolute Gasteiger partial charge is 0.271 e. The second kappa shape index (κ2) is 7.43. The third-order valence-electron chi connectivity index (χ3n) is 4.89. The molecule has 26 heavy (non-hydrogen) atoms. The summed E-state index contributed by atoms with van der Waals surface area (Å²) >= 11 is 0. The van der Waals surface area contributed by atoms with Crippen LogP contribution in [0.25, 0.3) is 0 Å². The van der Waals surface area contributed by atoms with Gasteiger partial charge >= 0.3 is 0 Å². The normalized spacial score (nSPS) is 18.2. The average molecular weight is 358 g/mol. The number of amides is 1. The lowest BCUT2D eigenvalue weighted by Crippen LogP contribution is -2.36. The summed E-state index contributed by atoms with van der Waals surface area (Å²) in [5, 5.41) is 4.14. The molecule has 1 aliphatic rings. The van der Waals surface area contributed by atoms with Crippen molar-refractivity contribution in [2.24, 2.45) is 7.05 Å². The summed E-state index contributed by atoms with van der Waals surface area (Å²) in [4.78, 5) is 31.2. The van der Waals surface area contributed by atoms with Crippen molar-refractivity contribution in [3.05, 3.63) is 35.2 Å². The number of nitrogens with zero attached hydrogens (tertiary/aromatic N) is 4. The molecule has 0 saturated carbocycles. The average Bonchev–Trinajstić information content (AvgIpc) is 3.15. The second-order valence-corrected chi connectivity index (χ2v) is 7.29. The molecule has 1 amide bonds. The minimum atomic E-state index is -0.197. The van der Waals surface area contributed by atoms with Crippen LogP contribution >= 0.6 is 0 Å². The van der Waals surface area contributed by atoms with Crippen LogP contribution in [0.15, 0.2) is 16.8 Å². The lowest BCUT2D eigenvalue weighted by atomic mass is 10.1. The van der Waals surface area contributed by atoms with Gasteiger partial charge in [0.25, 0.3) is 5.91 Å². The number of carbonyl (C=O) groups is 2. The quantitative estimate of drug-likeness (QED) is 0.782. The number of Topliss-reactive ketones (excluding diaryl/α,β-unsaturated/α-hetero) is 1. The van der Waals surface area contributed by atoms with E-state index in [2.05, 4.69) is 10.1 Å². The lowest BCUT2D eigenvalue weighted by Gasteiger charge is -2.28. The summed E-state index contributed by atoms with van der Waals surface area (Å²) in [7, 11) is 1.79. The van der Waals surface area contributed by atoms with E-state index in [1.54, 1.807) is 23.9 Å². The van der Waals surface area contributed by atoms with E-state index in [-0.39, 0.29) is 23.7 Å². The lowest BCUT2D eigenvalue weighted by molar-refractivity contribution is 0.0660. The zero-order chi connectivity index (χ0) is 18.8. The Labute approximate surface area is 153 Å². The molecule has 0 radical (unpaired) electrons. The third kappa shape index (κ3) is 3.57. The molecule has 0 spiro atoms. The van der Waals surface area contributed by atoms with E-state index in [0.717, 1.165) is 25.7 Å². The van der Waals surface area contributed by atoms with E-state index in [9.17, 15) is 9.59 Å². The highest BCUT2D eigenvalue weighted by Crippen LogP contribution is 2.31. The molecule has 3 rings (SSSR count). The van der Waals surface area contributed by atoms with Crippen LogP contribution in [0, 0.1) is 0 Å². The van der Waals surface area contributed by atoms with E-state index >= 15 is 0 Å². The maximum absolute atomic E-state index is 13.2. The number of rotatable bonds is 4. The number of ketones is 1. The van der Waals surface area contributed by atoms with E-state index in [1.807, 2.05) is 18.7 Å². The molecule has 0 bridgehead atoms. The van der Waals surface area contributed by atoms with Gasteiger partial charge in [0, 0.05) is 31.3 Å². The number of aryl methyl sites for hydroxylation is 1. The molecule has 3 heterocycles. The maximum Gasteiger partial charge on any atom is 0.271 e. The molecule has 0 aromatic carbocycles. The zero-order valence-electron chi connectivity index (χ0n) is 15.9. The van der Waals surface area contributed by atoms with Crippen LogP contribution in [0.1, 0.15) is 91.0 Å². The predicted octanol–water partition coefficient (Wildman–Crippen LogP) is 3.49. The Balaban J connectivity index is 1.93. The number of hydrogen-bond acceptors (Lipinski definition) is 5. The van der Waals surface area contributed by atoms with Gasteiger partial charge in [-0.15, -0.1) is 0 Å². The number of carbonyl (C=O) groups excluding carboxylic acids is 2. The topological polar surface area (TPSA) is 81.2 Å². The van der Waals surface area contributed by atoms with Gasteiger partial charge in [-0.25, -0.2) is 0 Å². The van der Waals surface area contributed by atoms with Gasteiger partial charge in [-0.3, -0.25) is 9.59 Å². The van der Waals surface area contributed by atoms with Gasteiger partial charge in [0.05, 0.1) is 6.04 Å². The summed E-state index contributed by atoms with van der Waals surface area (Å²) in [6.45, 7) is 6.15. The molecule has 2 aromatic heterocycles. The molecule has 1 saturated heterocycles. The van der Waals surface area contributed by atoms with Crippen molar-refractivity contribution in [2.45, 2.75) is 58.4 Å². The Kier molecular flexibility index (Phi) is 5.25. The Morgan fingerprint density at radius 1 is 1.27 bits per heavy atom. The van der Waals surface area contributed by atoms with E-state index in [1.165, 1.54) is 6.92 Å². The SMILES string of the molecule is CC(=O)c1cc(C(=O)N2CCCCC[C@@H]2c2noc(C(C)C)n2)n(C)c1. The van der Waals surface area contributed by atoms with Gasteiger partial charge in [-0.1, -0.05) is 31.8 Å². The molecule has 140 valence electrons. The summed E-state index contributed by atoms with van der Waals surface area (Å²) < 4.78 is 7.08. The Bertz CT molecular complexity index is 806. The van der Waals surface area contributed by atoms with Crippen molar-refractivity contribution in [1.29, 1.82) is 0 Å². The van der Waals surface area contributed by atoms with Crippen LogP contribution < -0.4 is 0 Å². The number of aromatic nitrogens is 3. The molecular formula is C19H26N4O3. The highest BCUT2D eigenvalue weighted by atomic mass is 16.5. The largest absolute Gasteiger partial charge is 0.346 e. The van der Waals surface area contributed by atoms with Crippen molar-refractivity contribution >= 4 is 11.7 Å². The molecule has 1 aliphatic heterocycles. The molecule has 2 aromatic rings. The monoisotopic (exact) mass is 358 g/mol. The molecule has 1 atom stereocenters. The first-order chi connectivity index (χ1) is 12.4. The third-order valence-corrected chi connectivity index (χ3v) is 4.89. The maximum atomic E-state index is 13.2. The van der Waals surface area contributed by atoms with E-state index in [0.29, 0.717) is 29.5 Å². The highest BCUT2D eigenvalue weighted by Gasteiger charge is 2.32. The van der Waals surface area contributed by atoms with Gasteiger partial charge in [0.2, 0.25) is 5.89 Å². The summed E-state index contributed by atoms with van der Waals surface area (Å²) in [5.74, 6) is 1.17. The second-order valence-electron chi connectivity index (χ2n) is 7.29. The van der Waals surface area contributed by atoms with E-state index < -0.39 is 0 Å². The minimum absolute atomic E-state index is 0.0493. The van der Waals surface area contributed by atoms with Crippen LogP contribution in [0.4, 0.5) is 0 Å². The fourth-order valence-electron chi connectivity index (χ4n) is 3.35. The van der Waals surface area contributed by atoms with E-state index in [4.69, 9.17) is 4.52 Å². The summed E-state index contributed by atoms with van der Waals surface area (Å²) in [6.07, 6.45) is 5.55. The first kappa shape index (κ1) is 18.4. The molecule has 0 N–H and O–H groups in total. The Morgan fingerprint density at radius 3 is 2.65 bits per heavy atom. The molecule has 0 aliphatic carbocycles. The zero-order valence-corrected chi connectivity index (χ0v) is 15.9. The summed E-state index contributed by atoms with van der Waals surface area (Å²) in [6, 6.07) is 1.47. The van der Waals surface area contributed by atoms with Gasteiger partial charge in [-0.05, 0) is 25.8 Å². The van der Waals surface area contributed by atoms with Gasteiger partial charge in [0.15, 0.2) is 11.6 Å². The number of likely N-dealkylation sites (tertiary alicyclic amines) is 1. The van der Waals surface area contributed by atoms with Crippen LogP contribution in [-0.4, -0.2) is 37.8 Å². The molecule has 7 nitrogen and oxygen atoms in total. The minimum Gasteiger partial charge on any atom is -0.346 e. The Hall–Kier alpha value is -2.44. The van der Waals surface area contributed by atoms with Crippen molar-refractivity contribution < 1.29 is 14.1 Å². The van der Waals surface area contributed by atoms with Crippen LogP contribution in [0.3, 0.4) is 0 Å². The molecule has 0 unspecified atom stereocenters. The van der Waals surface area contributed by atoms with Crippen LogP contribution in [-0.2, 0) is 7.05 Å². The summed E-state index contributed by atoms with van der Waals surface area (Å²) in [5.41, 5.74) is 1.05. The first-order valence-electron chi connectivity index (χ1n) is 9.20. The van der Waals surface area contributed by atoms with Crippen molar-refractivity contribution in [3.8, 4) is 0 Å². The Morgan fingerprint density at radius 2 is 2.04 bits per heavy atom. The number of hydrogen-bond donors (Lipinski definition) is 0. The van der Waals surface area contributed by atoms with Gasteiger partial charge in [-0.2, -0.15) is 4.98 Å². The predicted molar refractivity (Wildman–Crippen MR) is 96.1 cm³/mol. The van der Waals surface area contributed by atoms with Crippen molar-refractivity contribution in [2.75, 3.05) is 6.54 Å². The molecular weight excluding hydrogens is 332 g/mol. The fourth-order valence-corrected chi connectivity index (χ4v) is 3.35. The first-order valence-corrected chi connectivity index (χ1v) is 9.20. The fraction of sp³-hybridized carbons (Fsp3) is 0.579. The highest BCUT2D eigenvalue weighted by molar-refractivity contribution is 5.99. The van der Waals surface area contributed by atoms with Crippen LogP contribution in [0.2, 0.25) is 0 Å². The van der Waals surface area contributed by atoms with Gasteiger partial charge in [0.1, 0.15) is 5.69 Å². The molecule has 7 heteroatoms.